The molecule has 7 heteroatoms. The van der Waals surface area contributed by atoms with Gasteiger partial charge < -0.3 is 10.5 Å². The number of benzene rings is 1. The monoisotopic (exact) mass is 376 g/mol. The second kappa shape index (κ2) is 7.09. The number of halogens is 1. The van der Waals surface area contributed by atoms with E-state index in [1.54, 1.807) is 18.2 Å². The Morgan fingerprint density at radius 2 is 2.00 bits per heavy atom. The molecule has 1 aliphatic carbocycles. The Kier molecular flexibility index (Phi) is 5.65. The van der Waals surface area contributed by atoms with Gasteiger partial charge in [0, 0.05) is 12.1 Å². The van der Waals surface area contributed by atoms with E-state index in [4.69, 9.17) is 10.5 Å². The van der Waals surface area contributed by atoms with Gasteiger partial charge in [0.1, 0.15) is 5.75 Å². The third-order valence-electron chi connectivity index (χ3n) is 3.61. The number of nitrogens with two attached hydrogens (primary N) is 1. The summed E-state index contributed by atoms with van der Waals surface area (Å²) in [6.07, 6.45) is 3.30. The molecule has 1 aromatic rings. The molecule has 1 aromatic carbocycles. The van der Waals surface area contributed by atoms with Crippen LogP contribution >= 0.6 is 15.9 Å². The molecule has 3 N–H and O–H groups in total. The lowest BCUT2D eigenvalue weighted by molar-refractivity contribution is 0.338. The van der Waals surface area contributed by atoms with Gasteiger partial charge in [0.15, 0.2) is 0 Å². The molecule has 0 aliphatic heterocycles. The van der Waals surface area contributed by atoms with Gasteiger partial charge in [-0.25, -0.2) is 13.1 Å². The molecule has 5 nitrogen and oxygen atoms in total. The minimum Gasteiger partial charge on any atom is -0.493 e. The normalized spacial score (nSPS) is 23.0. The summed E-state index contributed by atoms with van der Waals surface area (Å²) in [6, 6.07) is 4.97. The van der Waals surface area contributed by atoms with E-state index in [1.165, 1.54) is 0 Å². The van der Waals surface area contributed by atoms with Crippen molar-refractivity contribution in [3.05, 3.63) is 22.7 Å². The minimum absolute atomic E-state index is 0.0276. The quantitative estimate of drug-likeness (QED) is 0.826. The average molecular weight is 377 g/mol. The Morgan fingerprint density at radius 3 is 2.57 bits per heavy atom. The van der Waals surface area contributed by atoms with Gasteiger partial charge in [-0.05, 0) is 66.7 Å². The summed E-state index contributed by atoms with van der Waals surface area (Å²) in [7, 11) is -3.51. The molecule has 1 saturated carbocycles. The smallest absolute Gasteiger partial charge is 0.240 e. The Bertz CT molecular complexity index is 584. The Morgan fingerprint density at radius 1 is 1.33 bits per heavy atom. The highest BCUT2D eigenvalue weighted by Gasteiger charge is 2.24. The summed E-state index contributed by atoms with van der Waals surface area (Å²) in [5.41, 5.74) is 5.84. The van der Waals surface area contributed by atoms with Crippen molar-refractivity contribution in [3.8, 4) is 5.75 Å². The van der Waals surface area contributed by atoms with Crippen molar-refractivity contribution in [2.24, 2.45) is 5.73 Å². The van der Waals surface area contributed by atoms with Crippen molar-refractivity contribution in [3.63, 3.8) is 0 Å². The van der Waals surface area contributed by atoms with E-state index in [1.807, 2.05) is 6.92 Å². The first-order valence-corrected chi connectivity index (χ1v) is 9.40. The molecule has 1 aliphatic rings. The Hall–Kier alpha value is -0.630. The molecule has 21 heavy (non-hydrogen) atoms. The Labute approximate surface area is 134 Å². The summed E-state index contributed by atoms with van der Waals surface area (Å²) >= 11 is 3.34. The van der Waals surface area contributed by atoms with Crippen LogP contribution in [0.1, 0.15) is 32.6 Å². The lowest BCUT2D eigenvalue weighted by Crippen LogP contribution is -2.40. The molecule has 0 spiro atoms. The van der Waals surface area contributed by atoms with Crippen molar-refractivity contribution in [2.75, 3.05) is 6.61 Å². The number of sulfonamides is 1. The van der Waals surface area contributed by atoms with E-state index in [2.05, 4.69) is 20.7 Å². The highest BCUT2D eigenvalue weighted by molar-refractivity contribution is 9.10. The maximum Gasteiger partial charge on any atom is 0.240 e. The largest absolute Gasteiger partial charge is 0.493 e. The van der Waals surface area contributed by atoms with Crippen molar-refractivity contribution in [1.82, 2.24) is 4.72 Å². The maximum atomic E-state index is 12.4. The molecule has 0 saturated heterocycles. The molecule has 0 radical (unpaired) electrons. The van der Waals surface area contributed by atoms with Crippen LogP contribution < -0.4 is 15.2 Å². The van der Waals surface area contributed by atoms with E-state index in [0.29, 0.717) is 16.8 Å². The molecule has 0 unspecified atom stereocenters. The molecule has 1 fully saturated rings. The predicted octanol–water partition coefficient (Wildman–Crippen LogP) is 2.40. The van der Waals surface area contributed by atoms with E-state index in [9.17, 15) is 8.42 Å². The second-order valence-electron chi connectivity index (χ2n) is 5.26. The van der Waals surface area contributed by atoms with Gasteiger partial charge in [-0.15, -0.1) is 0 Å². The fraction of sp³-hybridized carbons (Fsp3) is 0.571. The molecule has 0 bridgehead atoms. The third-order valence-corrected chi connectivity index (χ3v) is 5.75. The molecule has 0 heterocycles. The van der Waals surface area contributed by atoms with Gasteiger partial charge in [0.25, 0.3) is 0 Å². The molecule has 0 amide bonds. The van der Waals surface area contributed by atoms with Crippen LogP contribution in [0.15, 0.2) is 27.6 Å². The lowest BCUT2D eigenvalue weighted by atomic mass is 9.93. The van der Waals surface area contributed by atoms with Crippen LogP contribution in [0.3, 0.4) is 0 Å². The molecule has 0 atom stereocenters. The summed E-state index contributed by atoms with van der Waals surface area (Å²) in [5, 5.41) is 0. The highest BCUT2D eigenvalue weighted by atomic mass is 79.9. The summed E-state index contributed by atoms with van der Waals surface area (Å²) < 4.78 is 33.6. The third kappa shape index (κ3) is 4.42. The Balaban J connectivity index is 2.10. The lowest BCUT2D eigenvalue weighted by Gasteiger charge is -2.26. The van der Waals surface area contributed by atoms with Crippen LogP contribution in [0.5, 0.6) is 5.75 Å². The number of hydrogen-bond acceptors (Lipinski definition) is 4. The first-order chi connectivity index (χ1) is 9.92. The zero-order valence-electron chi connectivity index (χ0n) is 12.0. The van der Waals surface area contributed by atoms with Crippen molar-refractivity contribution < 1.29 is 13.2 Å². The topological polar surface area (TPSA) is 81.4 Å². The van der Waals surface area contributed by atoms with Gasteiger partial charge in [-0.1, -0.05) is 0 Å². The summed E-state index contributed by atoms with van der Waals surface area (Å²) in [4.78, 5) is 0.243. The first kappa shape index (κ1) is 16.7. The van der Waals surface area contributed by atoms with Crippen LogP contribution in [0.2, 0.25) is 0 Å². The summed E-state index contributed by atoms with van der Waals surface area (Å²) in [6.45, 7) is 2.41. The first-order valence-electron chi connectivity index (χ1n) is 7.12. The molecular weight excluding hydrogens is 356 g/mol. The molecule has 2 rings (SSSR count). The highest BCUT2D eigenvalue weighted by Crippen LogP contribution is 2.28. The zero-order chi connectivity index (χ0) is 15.5. The van der Waals surface area contributed by atoms with Crippen LogP contribution in [0.25, 0.3) is 0 Å². The van der Waals surface area contributed by atoms with E-state index in [-0.39, 0.29) is 17.0 Å². The van der Waals surface area contributed by atoms with Gasteiger partial charge in [-0.2, -0.15) is 0 Å². The number of hydrogen-bond donors (Lipinski definition) is 2. The maximum absolute atomic E-state index is 12.4. The average Bonchev–Trinajstić information content (AvgIpc) is 2.43. The fourth-order valence-corrected chi connectivity index (χ4v) is 4.42. The van der Waals surface area contributed by atoms with Crippen molar-refractivity contribution >= 4 is 26.0 Å². The predicted molar refractivity (Wildman–Crippen MR) is 85.9 cm³/mol. The van der Waals surface area contributed by atoms with Crippen LogP contribution in [-0.2, 0) is 10.0 Å². The number of ether oxygens (including phenoxy) is 1. The molecule has 118 valence electrons. The van der Waals surface area contributed by atoms with E-state index >= 15 is 0 Å². The van der Waals surface area contributed by atoms with Crippen LogP contribution in [-0.4, -0.2) is 27.1 Å². The zero-order valence-corrected chi connectivity index (χ0v) is 14.4. The molecular formula is C14H21BrN2O3S. The van der Waals surface area contributed by atoms with E-state index in [0.717, 1.165) is 25.7 Å². The van der Waals surface area contributed by atoms with Crippen LogP contribution in [0, 0.1) is 0 Å². The SMILES string of the molecule is CCOc1ccc(S(=O)(=O)NC2CCC(N)CC2)cc1Br. The van der Waals surface area contributed by atoms with Crippen LogP contribution in [0.4, 0.5) is 0 Å². The van der Waals surface area contributed by atoms with E-state index < -0.39 is 10.0 Å². The second-order valence-corrected chi connectivity index (χ2v) is 7.83. The van der Waals surface area contributed by atoms with Crippen molar-refractivity contribution in [2.45, 2.75) is 49.6 Å². The molecule has 0 aromatic heterocycles. The fourth-order valence-electron chi connectivity index (χ4n) is 2.45. The minimum atomic E-state index is -3.51. The van der Waals surface area contributed by atoms with Gasteiger partial charge in [-0.3, -0.25) is 0 Å². The standard InChI is InChI=1S/C14H21BrN2O3S/c1-2-20-14-8-7-12(9-13(14)15)21(18,19)17-11-5-3-10(16)4-6-11/h7-11,17H,2-6,16H2,1H3. The van der Waals surface area contributed by atoms with Gasteiger partial charge in [0.05, 0.1) is 16.0 Å². The van der Waals surface area contributed by atoms with Gasteiger partial charge in [0.2, 0.25) is 10.0 Å². The number of rotatable bonds is 5. The summed E-state index contributed by atoms with van der Waals surface area (Å²) in [5.74, 6) is 0.639. The van der Waals surface area contributed by atoms with Gasteiger partial charge >= 0.3 is 0 Å². The number of nitrogens with one attached hydrogen (secondary N) is 1. The van der Waals surface area contributed by atoms with Crippen molar-refractivity contribution in [1.29, 1.82) is 0 Å².